The predicted octanol–water partition coefficient (Wildman–Crippen LogP) is 3.61. The van der Waals surface area contributed by atoms with Gasteiger partial charge in [-0.1, -0.05) is 40.0 Å². The lowest BCUT2D eigenvalue weighted by molar-refractivity contribution is -0.754. The van der Waals surface area contributed by atoms with Crippen LogP contribution in [-0.4, -0.2) is 34.8 Å². The fourth-order valence-electron chi connectivity index (χ4n) is 2.62. The monoisotopic (exact) mass is 356 g/mol. The van der Waals surface area contributed by atoms with Gasteiger partial charge in [-0.25, -0.2) is 5.06 Å². The van der Waals surface area contributed by atoms with E-state index < -0.39 is 10.7 Å². The Morgan fingerprint density at radius 1 is 1.20 bits per heavy atom. The maximum atomic E-state index is 11.7. The average Bonchev–Trinajstić information content (AvgIpc) is 2.44. The standard InChI is InChI=1S/C18H32N2O5/c1-8-11-16(19(14-21)25-18(5,6)7)15(17(2,3)4)12-9-10-13-24-20(22)23/h14-16H,8,11-13H2,1-7H3/t15?,16-/m1/s1. The molecule has 0 aliphatic carbocycles. The highest BCUT2D eigenvalue weighted by Gasteiger charge is 2.36. The molecule has 0 aliphatic rings. The third kappa shape index (κ3) is 9.92. The third-order valence-corrected chi connectivity index (χ3v) is 3.66. The first-order valence-electron chi connectivity index (χ1n) is 8.58. The molecule has 1 unspecified atom stereocenters. The summed E-state index contributed by atoms with van der Waals surface area (Å²) < 4.78 is 0. The predicted molar refractivity (Wildman–Crippen MR) is 95.7 cm³/mol. The van der Waals surface area contributed by atoms with E-state index in [1.165, 1.54) is 5.06 Å². The molecule has 0 saturated carbocycles. The van der Waals surface area contributed by atoms with E-state index >= 15 is 0 Å². The molecule has 0 saturated heterocycles. The number of rotatable bonds is 9. The van der Waals surface area contributed by atoms with Crippen LogP contribution in [0.1, 0.15) is 67.7 Å². The molecule has 0 heterocycles. The molecule has 0 aromatic heterocycles. The molecule has 144 valence electrons. The lowest BCUT2D eigenvalue weighted by Gasteiger charge is -2.42. The van der Waals surface area contributed by atoms with Gasteiger partial charge in [-0.15, -0.1) is 16.0 Å². The van der Waals surface area contributed by atoms with E-state index in [2.05, 4.69) is 44.4 Å². The minimum absolute atomic E-state index is 0.0445. The van der Waals surface area contributed by atoms with Gasteiger partial charge in [0.2, 0.25) is 6.41 Å². The van der Waals surface area contributed by atoms with Gasteiger partial charge in [0, 0.05) is 6.42 Å². The minimum Gasteiger partial charge on any atom is -0.301 e. The molecule has 0 aromatic carbocycles. The maximum absolute atomic E-state index is 11.7. The molecular formula is C18H32N2O5. The van der Waals surface area contributed by atoms with E-state index in [4.69, 9.17) is 4.84 Å². The minimum atomic E-state index is -0.860. The fourth-order valence-corrected chi connectivity index (χ4v) is 2.62. The molecular weight excluding hydrogens is 324 g/mol. The van der Waals surface area contributed by atoms with Crippen LogP contribution in [-0.2, 0) is 14.5 Å². The Hall–Kier alpha value is -1.81. The first-order valence-corrected chi connectivity index (χ1v) is 8.58. The number of hydrogen-bond acceptors (Lipinski definition) is 5. The number of hydrogen-bond donors (Lipinski definition) is 0. The zero-order valence-electron chi connectivity index (χ0n) is 16.5. The molecule has 0 N–H and O–H groups in total. The Bertz CT molecular complexity index is 482. The normalized spacial score (nSPS) is 14.0. The van der Waals surface area contributed by atoms with Gasteiger partial charge in [0.15, 0.2) is 6.61 Å². The lowest BCUT2D eigenvalue weighted by atomic mass is 9.73. The second-order valence-corrected chi connectivity index (χ2v) is 8.05. The van der Waals surface area contributed by atoms with Crippen molar-refractivity contribution in [1.29, 1.82) is 0 Å². The molecule has 7 nitrogen and oxygen atoms in total. The quantitative estimate of drug-likeness (QED) is 0.273. The molecule has 0 aromatic rings. The van der Waals surface area contributed by atoms with E-state index in [-0.39, 0.29) is 24.0 Å². The van der Waals surface area contributed by atoms with Crippen LogP contribution in [0.2, 0.25) is 0 Å². The Labute approximate surface area is 151 Å². The maximum Gasteiger partial charge on any atom is 0.295 e. The van der Waals surface area contributed by atoms with Crippen LogP contribution < -0.4 is 0 Å². The van der Waals surface area contributed by atoms with E-state index in [1.54, 1.807) is 0 Å². The molecule has 25 heavy (non-hydrogen) atoms. The molecule has 0 fully saturated rings. The van der Waals surface area contributed by atoms with Crippen molar-refractivity contribution < 1.29 is 19.6 Å². The Balaban J connectivity index is 5.37. The summed E-state index contributed by atoms with van der Waals surface area (Å²) in [6.07, 6.45) is 2.90. The summed E-state index contributed by atoms with van der Waals surface area (Å²) in [4.78, 5) is 31.9. The summed E-state index contributed by atoms with van der Waals surface area (Å²) >= 11 is 0. The number of carbonyl (C=O) groups excluding carboxylic acids is 1. The first kappa shape index (κ1) is 23.2. The smallest absolute Gasteiger partial charge is 0.295 e. The summed E-state index contributed by atoms with van der Waals surface area (Å²) in [6.45, 7) is 13.8. The molecule has 7 heteroatoms. The SMILES string of the molecule is CCC[C@H](C(CC#CCO[N+](=O)[O-])C(C)(C)C)N(C=O)OC(C)(C)C. The lowest BCUT2D eigenvalue weighted by Crippen LogP contribution is -2.47. The van der Waals surface area contributed by atoms with Crippen molar-refractivity contribution in [2.24, 2.45) is 11.3 Å². The number of carbonyl (C=O) groups is 1. The van der Waals surface area contributed by atoms with Crippen LogP contribution in [0.25, 0.3) is 0 Å². The largest absolute Gasteiger partial charge is 0.301 e. The van der Waals surface area contributed by atoms with E-state index in [9.17, 15) is 14.9 Å². The van der Waals surface area contributed by atoms with Crippen molar-refractivity contribution in [3.8, 4) is 11.8 Å². The van der Waals surface area contributed by atoms with Gasteiger partial charge in [-0.3, -0.25) is 9.63 Å². The molecule has 0 bridgehead atoms. The van der Waals surface area contributed by atoms with Crippen molar-refractivity contribution >= 4 is 6.41 Å². The van der Waals surface area contributed by atoms with Crippen LogP contribution in [0.5, 0.6) is 0 Å². The number of amides is 1. The molecule has 1 amide bonds. The molecule has 0 spiro atoms. The zero-order chi connectivity index (χ0) is 19.7. The second-order valence-electron chi connectivity index (χ2n) is 8.05. The van der Waals surface area contributed by atoms with Crippen LogP contribution in [0.3, 0.4) is 0 Å². The van der Waals surface area contributed by atoms with Gasteiger partial charge in [0.25, 0.3) is 5.09 Å². The first-order chi connectivity index (χ1) is 11.4. The Morgan fingerprint density at radius 2 is 1.80 bits per heavy atom. The zero-order valence-corrected chi connectivity index (χ0v) is 16.5. The molecule has 0 rings (SSSR count). The molecule has 0 aliphatic heterocycles. The highest BCUT2D eigenvalue weighted by molar-refractivity contribution is 5.46. The Morgan fingerprint density at radius 3 is 2.20 bits per heavy atom. The molecule has 2 atom stereocenters. The summed E-state index contributed by atoms with van der Waals surface area (Å²) in [5, 5.41) is 10.7. The topological polar surface area (TPSA) is 81.9 Å². The molecule has 0 radical (unpaired) electrons. The van der Waals surface area contributed by atoms with Gasteiger partial charge < -0.3 is 4.84 Å². The van der Waals surface area contributed by atoms with E-state index in [0.717, 1.165) is 19.3 Å². The van der Waals surface area contributed by atoms with Crippen molar-refractivity contribution in [2.45, 2.75) is 79.4 Å². The summed E-state index contributed by atoms with van der Waals surface area (Å²) in [5.74, 6) is 5.65. The fraction of sp³-hybridized carbons (Fsp3) is 0.833. The van der Waals surface area contributed by atoms with Gasteiger partial charge >= 0.3 is 0 Å². The van der Waals surface area contributed by atoms with Crippen LogP contribution in [0.4, 0.5) is 0 Å². The van der Waals surface area contributed by atoms with Crippen LogP contribution >= 0.6 is 0 Å². The van der Waals surface area contributed by atoms with Gasteiger partial charge in [0.1, 0.15) is 0 Å². The summed E-state index contributed by atoms with van der Waals surface area (Å²) in [5.41, 5.74) is -0.610. The average molecular weight is 356 g/mol. The van der Waals surface area contributed by atoms with Gasteiger partial charge in [-0.05, 0) is 38.5 Å². The highest BCUT2D eigenvalue weighted by atomic mass is 16.9. The van der Waals surface area contributed by atoms with Gasteiger partial charge in [-0.2, -0.15) is 0 Å². The highest BCUT2D eigenvalue weighted by Crippen LogP contribution is 2.36. The van der Waals surface area contributed by atoms with Crippen molar-refractivity contribution in [3.63, 3.8) is 0 Å². The van der Waals surface area contributed by atoms with Crippen molar-refractivity contribution in [2.75, 3.05) is 6.61 Å². The van der Waals surface area contributed by atoms with E-state index in [1.807, 2.05) is 20.8 Å². The summed E-state index contributed by atoms with van der Waals surface area (Å²) in [6, 6.07) is -0.132. The summed E-state index contributed by atoms with van der Waals surface area (Å²) in [7, 11) is 0. The van der Waals surface area contributed by atoms with Gasteiger partial charge in [0.05, 0.1) is 11.6 Å². The van der Waals surface area contributed by atoms with Crippen molar-refractivity contribution in [1.82, 2.24) is 5.06 Å². The second kappa shape index (κ2) is 10.2. The Kier molecular flexibility index (Phi) is 9.50. The number of hydroxylamine groups is 2. The van der Waals surface area contributed by atoms with Crippen LogP contribution in [0, 0.1) is 33.3 Å². The number of nitrogens with zero attached hydrogens (tertiary/aromatic N) is 2. The van der Waals surface area contributed by atoms with E-state index in [0.29, 0.717) is 6.42 Å². The van der Waals surface area contributed by atoms with Crippen LogP contribution in [0.15, 0.2) is 0 Å². The third-order valence-electron chi connectivity index (χ3n) is 3.66. The van der Waals surface area contributed by atoms with Crippen molar-refractivity contribution in [3.05, 3.63) is 10.1 Å².